The van der Waals surface area contributed by atoms with Crippen LogP contribution in [0.2, 0.25) is 0 Å². The molecule has 0 aromatic rings. The summed E-state index contributed by atoms with van der Waals surface area (Å²) in [6.45, 7) is 9.63. The van der Waals surface area contributed by atoms with Gasteiger partial charge in [-0.2, -0.15) is 0 Å². The Kier molecular flexibility index (Phi) is 3.80. The first kappa shape index (κ1) is 12.5. The third kappa shape index (κ3) is 3.84. The first-order valence-corrected chi connectivity index (χ1v) is 6.14. The number of aliphatic imine (C=N–C) groups is 1. The SMILES string of the molecule is CC1(CN=C(N)C(C)(C)C)CCCCC1. The highest BCUT2D eigenvalue weighted by Gasteiger charge is 2.27. The summed E-state index contributed by atoms with van der Waals surface area (Å²) in [6.07, 6.45) is 6.75. The molecule has 88 valence electrons. The van der Waals surface area contributed by atoms with Gasteiger partial charge >= 0.3 is 0 Å². The van der Waals surface area contributed by atoms with E-state index in [1.807, 2.05) is 0 Å². The molecule has 0 radical (unpaired) electrons. The molecule has 0 aromatic heterocycles. The fraction of sp³-hybridized carbons (Fsp3) is 0.923. The molecule has 0 saturated heterocycles. The first-order valence-electron chi connectivity index (χ1n) is 6.14. The van der Waals surface area contributed by atoms with E-state index in [9.17, 15) is 0 Å². The minimum Gasteiger partial charge on any atom is -0.387 e. The summed E-state index contributed by atoms with van der Waals surface area (Å²) in [5, 5.41) is 0. The topological polar surface area (TPSA) is 38.4 Å². The molecule has 0 spiro atoms. The smallest absolute Gasteiger partial charge is 0.0991 e. The van der Waals surface area contributed by atoms with Gasteiger partial charge in [-0.05, 0) is 18.3 Å². The molecule has 2 N–H and O–H groups in total. The van der Waals surface area contributed by atoms with E-state index in [0.717, 1.165) is 12.4 Å². The van der Waals surface area contributed by atoms with E-state index >= 15 is 0 Å². The molecule has 0 unspecified atom stereocenters. The Morgan fingerprint density at radius 2 is 1.73 bits per heavy atom. The molecule has 0 heterocycles. The highest BCUT2D eigenvalue weighted by atomic mass is 14.9. The number of amidine groups is 1. The molecule has 0 atom stereocenters. The van der Waals surface area contributed by atoms with E-state index in [2.05, 4.69) is 32.7 Å². The van der Waals surface area contributed by atoms with Gasteiger partial charge in [0.25, 0.3) is 0 Å². The van der Waals surface area contributed by atoms with Crippen molar-refractivity contribution < 1.29 is 0 Å². The lowest BCUT2D eigenvalue weighted by Crippen LogP contribution is -2.32. The summed E-state index contributed by atoms with van der Waals surface area (Å²) < 4.78 is 0. The van der Waals surface area contributed by atoms with Crippen molar-refractivity contribution >= 4 is 5.84 Å². The maximum atomic E-state index is 5.98. The Labute approximate surface area is 94.3 Å². The van der Waals surface area contributed by atoms with E-state index < -0.39 is 0 Å². The van der Waals surface area contributed by atoms with Crippen LogP contribution in [0.1, 0.15) is 59.8 Å². The summed E-state index contributed by atoms with van der Waals surface area (Å²) in [5.41, 5.74) is 6.41. The molecular weight excluding hydrogens is 184 g/mol. The number of hydrogen-bond donors (Lipinski definition) is 1. The van der Waals surface area contributed by atoms with Gasteiger partial charge in [-0.3, -0.25) is 4.99 Å². The van der Waals surface area contributed by atoms with Crippen molar-refractivity contribution in [2.24, 2.45) is 21.6 Å². The third-order valence-electron chi connectivity index (χ3n) is 3.46. The average molecular weight is 210 g/mol. The predicted molar refractivity (Wildman–Crippen MR) is 67.1 cm³/mol. The number of hydrogen-bond acceptors (Lipinski definition) is 1. The van der Waals surface area contributed by atoms with Crippen LogP contribution < -0.4 is 5.73 Å². The lowest BCUT2D eigenvalue weighted by molar-refractivity contribution is 0.226. The first-order chi connectivity index (χ1) is 6.83. The van der Waals surface area contributed by atoms with E-state index in [-0.39, 0.29) is 5.41 Å². The summed E-state index contributed by atoms with van der Waals surface area (Å²) in [6, 6.07) is 0. The van der Waals surface area contributed by atoms with Gasteiger partial charge in [0.15, 0.2) is 0 Å². The molecule has 1 aliphatic rings. The van der Waals surface area contributed by atoms with Crippen molar-refractivity contribution in [3.8, 4) is 0 Å². The summed E-state index contributed by atoms with van der Waals surface area (Å²) in [5.74, 6) is 0.800. The van der Waals surface area contributed by atoms with Gasteiger partial charge in [0, 0.05) is 12.0 Å². The highest BCUT2D eigenvalue weighted by molar-refractivity contribution is 5.85. The van der Waals surface area contributed by atoms with Crippen LogP contribution in [-0.2, 0) is 0 Å². The van der Waals surface area contributed by atoms with Crippen LogP contribution in [0.5, 0.6) is 0 Å². The molecule has 1 rings (SSSR count). The second-order valence-electron chi connectivity index (χ2n) is 6.32. The molecule has 0 aromatic carbocycles. The molecule has 0 aliphatic heterocycles. The standard InChI is InChI=1S/C13H26N2/c1-12(2,3)11(14)15-10-13(4)8-6-5-7-9-13/h5-10H2,1-4H3,(H2,14,15). The van der Waals surface area contributed by atoms with Crippen LogP contribution in [0, 0.1) is 10.8 Å². The molecule has 1 fully saturated rings. The minimum absolute atomic E-state index is 0.0189. The summed E-state index contributed by atoms with van der Waals surface area (Å²) in [7, 11) is 0. The Bertz CT molecular complexity index is 229. The van der Waals surface area contributed by atoms with Crippen molar-refractivity contribution in [1.29, 1.82) is 0 Å². The number of rotatable bonds is 2. The van der Waals surface area contributed by atoms with Crippen molar-refractivity contribution in [1.82, 2.24) is 0 Å². The molecule has 0 bridgehead atoms. The van der Waals surface area contributed by atoms with Gasteiger partial charge in [0.1, 0.15) is 0 Å². The fourth-order valence-corrected chi connectivity index (χ4v) is 2.08. The van der Waals surface area contributed by atoms with Crippen molar-refractivity contribution in [2.75, 3.05) is 6.54 Å². The van der Waals surface area contributed by atoms with Crippen molar-refractivity contribution in [2.45, 2.75) is 59.8 Å². The van der Waals surface area contributed by atoms with Gasteiger partial charge < -0.3 is 5.73 Å². The van der Waals surface area contributed by atoms with E-state index in [1.54, 1.807) is 0 Å². The van der Waals surface area contributed by atoms with Gasteiger partial charge in [0.05, 0.1) is 5.84 Å². The largest absolute Gasteiger partial charge is 0.387 e. The molecule has 0 amide bonds. The van der Waals surface area contributed by atoms with Crippen LogP contribution >= 0.6 is 0 Å². The number of nitrogens with two attached hydrogens (primary N) is 1. The molecule has 1 aliphatic carbocycles. The molecular formula is C13H26N2. The van der Waals surface area contributed by atoms with Crippen LogP contribution in [-0.4, -0.2) is 12.4 Å². The van der Waals surface area contributed by atoms with Crippen LogP contribution in [0.3, 0.4) is 0 Å². The molecule has 15 heavy (non-hydrogen) atoms. The van der Waals surface area contributed by atoms with Gasteiger partial charge in [-0.25, -0.2) is 0 Å². The van der Waals surface area contributed by atoms with Crippen molar-refractivity contribution in [3.05, 3.63) is 0 Å². The second kappa shape index (κ2) is 4.54. The normalized spacial score (nSPS) is 22.8. The van der Waals surface area contributed by atoms with Gasteiger partial charge in [0.2, 0.25) is 0 Å². The molecule has 2 heteroatoms. The summed E-state index contributed by atoms with van der Waals surface area (Å²) >= 11 is 0. The Hall–Kier alpha value is -0.530. The maximum absolute atomic E-state index is 5.98. The van der Waals surface area contributed by atoms with Crippen molar-refractivity contribution in [3.63, 3.8) is 0 Å². The average Bonchev–Trinajstić information content (AvgIpc) is 2.14. The van der Waals surface area contributed by atoms with E-state index in [4.69, 9.17) is 5.73 Å². The fourth-order valence-electron chi connectivity index (χ4n) is 2.08. The van der Waals surface area contributed by atoms with Crippen LogP contribution in [0.25, 0.3) is 0 Å². The van der Waals surface area contributed by atoms with E-state index in [1.165, 1.54) is 32.1 Å². The maximum Gasteiger partial charge on any atom is 0.0991 e. The number of nitrogens with zero attached hydrogens (tertiary/aromatic N) is 1. The quantitative estimate of drug-likeness (QED) is 0.551. The third-order valence-corrected chi connectivity index (χ3v) is 3.46. The zero-order chi connectivity index (χ0) is 11.5. The zero-order valence-corrected chi connectivity index (χ0v) is 10.8. The second-order valence-corrected chi connectivity index (χ2v) is 6.32. The van der Waals surface area contributed by atoms with Gasteiger partial charge in [-0.15, -0.1) is 0 Å². The highest BCUT2D eigenvalue weighted by Crippen LogP contribution is 2.36. The minimum atomic E-state index is 0.0189. The summed E-state index contributed by atoms with van der Waals surface area (Å²) in [4.78, 5) is 4.59. The zero-order valence-electron chi connectivity index (χ0n) is 10.8. The Morgan fingerprint density at radius 3 is 2.20 bits per heavy atom. The molecule has 1 saturated carbocycles. The predicted octanol–water partition coefficient (Wildman–Crippen LogP) is 3.36. The van der Waals surface area contributed by atoms with Crippen LogP contribution in [0.4, 0.5) is 0 Å². The Balaban J connectivity index is 2.54. The monoisotopic (exact) mass is 210 g/mol. The Morgan fingerprint density at radius 1 is 1.20 bits per heavy atom. The molecule has 2 nitrogen and oxygen atoms in total. The van der Waals surface area contributed by atoms with E-state index in [0.29, 0.717) is 5.41 Å². The van der Waals surface area contributed by atoms with Gasteiger partial charge in [-0.1, -0.05) is 47.0 Å². The lowest BCUT2D eigenvalue weighted by Gasteiger charge is -2.32. The lowest BCUT2D eigenvalue weighted by atomic mass is 9.76. The van der Waals surface area contributed by atoms with Crippen LogP contribution in [0.15, 0.2) is 4.99 Å².